The third kappa shape index (κ3) is 1.58. The van der Waals surface area contributed by atoms with Gasteiger partial charge in [-0.1, -0.05) is 5.22 Å². The van der Waals surface area contributed by atoms with Gasteiger partial charge in [0.1, 0.15) is 6.54 Å². The summed E-state index contributed by atoms with van der Waals surface area (Å²) in [5.74, 6) is 4.88. The molecular weight excluding hydrogens is 140 g/mol. The molecule has 1 aromatic rings. The van der Waals surface area contributed by atoms with Crippen LogP contribution >= 0.6 is 0 Å². The van der Waals surface area contributed by atoms with Gasteiger partial charge in [0.15, 0.2) is 0 Å². The fraction of sp³-hybridized carbons (Fsp3) is 0.429. The molecule has 0 aromatic carbocycles. The van der Waals surface area contributed by atoms with Gasteiger partial charge in [-0.3, -0.25) is 0 Å². The van der Waals surface area contributed by atoms with E-state index in [2.05, 4.69) is 14.9 Å². The summed E-state index contributed by atoms with van der Waals surface area (Å²) >= 11 is 0. The molecule has 11 heavy (non-hydrogen) atoms. The molecule has 0 amide bonds. The Morgan fingerprint density at radius 2 is 2.27 bits per heavy atom. The Balaban J connectivity index is 2.78. The Morgan fingerprint density at radius 1 is 1.55 bits per heavy atom. The molecule has 0 saturated carbocycles. The van der Waals surface area contributed by atoms with Crippen LogP contribution in [0.5, 0.6) is 0 Å². The highest BCUT2D eigenvalue weighted by molar-refractivity contribution is 5.14. The first-order chi connectivity index (χ1) is 5.25. The molecule has 0 aliphatic rings. The number of hydrogen-bond donors (Lipinski definition) is 1. The zero-order valence-corrected chi connectivity index (χ0v) is 6.78. The molecule has 4 heteroatoms. The van der Waals surface area contributed by atoms with Crippen LogP contribution < -0.4 is 5.84 Å². The minimum atomic E-state index is 0.556. The van der Waals surface area contributed by atoms with E-state index in [0.29, 0.717) is 6.54 Å². The van der Waals surface area contributed by atoms with Crippen LogP contribution in [0.25, 0.3) is 0 Å². The Labute approximate surface area is 65.7 Å². The third-order valence-electron chi connectivity index (χ3n) is 1.79. The Morgan fingerprint density at radius 3 is 2.73 bits per heavy atom. The van der Waals surface area contributed by atoms with Gasteiger partial charge in [0.05, 0.1) is 0 Å². The van der Waals surface area contributed by atoms with E-state index in [0.717, 1.165) is 5.69 Å². The molecule has 0 fully saturated rings. The van der Waals surface area contributed by atoms with Gasteiger partial charge in [-0.2, -0.15) is 5.11 Å². The highest BCUT2D eigenvalue weighted by Crippen LogP contribution is 2.06. The van der Waals surface area contributed by atoms with Gasteiger partial charge >= 0.3 is 0 Å². The van der Waals surface area contributed by atoms with Crippen LogP contribution in [-0.2, 0) is 13.6 Å². The molecule has 0 atom stereocenters. The lowest BCUT2D eigenvalue weighted by molar-refractivity contribution is 0.768. The van der Waals surface area contributed by atoms with E-state index in [1.807, 2.05) is 26.1 Å². The fourth-order valence-corrected chi connectivity index (χ4v) is 0.939. The second-order valence-electron chi connectivity index (χ2n) is 2.44. The van der Waals surface area contributed by atoms with E-state index >= 15 is 0 Å². The van der Waals surface area contributed by atoms with Gasteiger partial charge in [-0.05, 0) is 19.1 Å². The maximum atomic E-state index is 4.88. The van der Waals surface area contributed by atoms with Crippen molar-refractivity contribution in [2.75, 3.05) is 0 Å². The van der Waals surface area contributed by atoms with Crippen molar-refractivity contribution in [3.05, 3.63) is 23.5 Å². The molecule has 0 aliphatic heterocycles. The lowest BCUT2D eigenvalue weighted by Gasteiger charge is -1.99. The van der Waals surface area contributed by atoms with Crippen molar-refractivity contribution < 1.29 is 0 Å². The third-order valence-corrected chi connectivity index (χ3v) is 1.79. The zero-order chi connectivity index (χ0) is 8.27. The van der Waals surface area contributed by atoms with Crippen LogP contribution in [0.1, 0.15) is 11.4 Å². The number of rotatable bonds is 2. The molecule has 0 saturated heterocycles. The summed E-state index contributed by atoms with van der Waals surface area (Å²) in [5.41, 5.74) is 2.34. The van der Waals surface area contributed by atoms with Crippen molar-refractivity contribution in [3.8, 4) is 0 Å². The lowest BCUT2D eigenvalue weighted by Crippen LogP contribution is -1.96. The van der Waals surface area contributed by atoms with E-state index < -0.39 is 0 Å². The van der Waals surface area contributed by atoms with Crippen molar-refractivity contribution in [1.82, 2.24) is 4.57 Å². The van der Waals surface area contributed by atoms with Crippen molar-refractivity contribution in [2.45, 2.75) is 13.5 Å². The van der Waals surface area contributed by atoms with E-state index in [1.54, 1.807) is 0 Å². The first-order valence-electron chi connectivity index (χ1n) is 3.43. The van der Waals surface area contributed by atoms with Crippen molar-refractivity contribution in [1.29, 1.82) is 0 Å². The maximum Gasteiger partial charge on any atom is 0.102 e. The summed E-state index contributed by atoms with van der Waals surface area (Å²) in [4.78, 5) is 0. The summed E-state index contributed by atoms with van der Waals surface area (Å²) in [6, 6.07) is 4.06. The van der Waals surface area contributed by atoms with Crippen LogP contribution in [0.3, 0.4) is 0 Å². The minimum absolute atomic E-state index is 0.556. The fourth-order valence-electron chi connectivity index (χ4n) is 0.939. The van der Waals surface area contributed by atoms with E-state index in [9.17, 15) is 0 Å². The average Bonchev–Trinajstić information content (AvgIpc) is 2.31. The van der Waals surface area contributed by atoms with E-state index in [-0.39, 0.29) is 0 Å². The monoisotopic (exact) mass is 152 g/mol. The highest BCUT2D eigenvalue weighted by Gasteiger charge is 1.98. The largest absolute Gasteiger partial charge is 0.350 e. The molecule has 0 radical (unpaired) electrons. The topological polar surface area (TPSA) is 55.7 Å². The lowest BCUT2D eigenvalue weighted by atomic mass is 10.4. The zero-order valence-electron chi connectivity index (χ0n) is 6.78. The normalized spacial score (nSPS) is 11.1. The molecule has 4 nitrogen and oxygen atoms in total. The number of aromatic nitrogens is 1. The van der Waals surface area contributed by atoms with Crippen LogP contribution in [0.4, 0.5) is 0 Å². The number of aryl methyl sites for hydroxylation is 1. The summed E-state index contributed by atoms with van der Waals surface area (Å²) in [6.45, 7) is 2.60. The first-order valence-corrected chi connectivity index (χ1v) is 3.43. The maximum absolute atomic E-state index is 4.88. The SMILES string of the molecule is Cc1ccc(CN=NN)n1C. The standard InChI is InChI=1S/C7H12N4/c1-6-3-4-7(11(6)2)5-9-10-8/h3-4H,5H2,1-2H3,(H2,8,9). The average molecular weight is 152 g/mol. The molecule has 1 heterocycles. The van der Waals surface area contributed by atoms with Crippen LogP contribution in [0.15, 0.2) is 22.5 Å². The predicted octanol–water partition coefficient (Wildman–Crippen LogP) is 1.16. The van der Waals surface area contributed by atoms with Gasteiger partial charge in [-0.15, -0.1) is 0 Å². The van der Waals surface area contributed by atoms with E-state index in [1.165, 1.54) is 5.69 Å². The second kappa shape index (κ2) is 3.18. The van der Waals surface area contributed by atoms with Gasteiger partial charge in [0.2, 0.25) is 0 Å². The van der Waals surface area contributed by atoms with Crippen LogP contribution in [0.2, 0.25) is 0 Å². The highest BCUT2D eigenvalue weighted by atomic mass is 15.3. The number of nitrogens with two attached hydrogens (primary N) is 1. The number of nitrogens with zero attached hydrogens (tertiary/aromatic N) is 3. The molecule has 1 aromatic heterocycles. The van der Waals surface area contributed by atoms with E-state index in [4.69, 9.17) is 5.84 Å². The predicted molar refractivity (Wildman–Crippen MR) is 42.9 cm³/mol. The quantitative estimate of drug-likeness (QED) is 0.386. The number of hydrogen-bond acceptors (Lipinski definition) is 2. The van der Waals surface area contributed by atoms with Crippen molar-refractivity contribution in [3.63, 3.8) is 0 Å². The first kappa shape index (κ1) is 7.78. The Kier molecular flexibility index (Phi) is 2.25. The molecular formula is C7H12N4. The summed E-state index contributed by atoms with van der Waals surface area (Å²) in [5, 5.41) is 6.89. The molecule has 0 bridgehead atoms. The Bertz CT molecular complexity index is 261. The smallest absolute Gasteiger partial charge is 0.102 e. The van der Waals surface area contributed by atoms with Gasteiger partial charge in [0.25, 0.3) is 0 Å². The van der Waals surface area contributed by atoms with Gasteiger partial charge < -0.3 is 10.4 Å². The van der Waals surface area contributed by atoms with Gasteiger partial charge in [-0.25, -0.2) is 0 Å². The molecule has 2 N–H and O–H groups in total. The Hall–Kier alpha value is -1.32. The van der Waals surface area contributed by atoms with Crippen molar-refractivity contribution >= 4 is 0 Å². The molecule has 0 spiro atoms. The molecule has 1 rings (SSSR count). The summed E-state index contributed by atoms with van der Waals surface area (Å²) in [7, 11) is 2.00. The van der Waals surface area contributed by atoms with Gasteiger partial charge in [0, 0.05) is 18.4 Å². The van der Waals surface area contributed by atoms with Crippen molar-refractivity contribution in [2.24, 2.45) is 23.2 Å². The molecule has 0 unspecified atom stereocenters. The summed E-state index contributed by atoms with van der Waals surface area (Å²) in [6.07, 6.45) is 0. The minimum Gasteiger partial charge on any atom is -0.350 e. The second-order valence-corrected chi connectivity index (χ2v) is 2.44. The molecule has 60 valence electrons. The summed E-state index contributed by atoms with van der Waals surface area (Å²) < 4.78 is 2.06. The molecule has 0 aliphatic carbocycles. The van der Waals surface area contributed by atoms with Crippen LogP contribution in [0, 0.1) is 6.92 Å². The van der Waals surface area contributed by atoms with Crippen LogP contribution in [-0.4, -0.2) is 4.57 Å².